The van der Waals surface area contributed by atoms with Crippen molar-refractivity contribution in [3.8, 4) is 22.3 Å². The van der Waals surface area contributed by atoms with Crippen LogP contribution in [-0.2, 0) is 20.2 Å². The first-order chi connectivity index (χ1) is 31.0. The van der Waals surface area contributed by atoms with E-state index in [2.05, 4.69) is 85.0 Å². The van der Waals surface area contributed by atoms with Crippen LogP contribution in [0.1, 0.15) is 44.5 Å². The fourth-order valence-corrected chi connectivity index (χ4v) is 7.67. The largest absolute Gasteiger partial charge is 1.00 e. The minimum Gasteiger partial charge on any atom is -0.744 e. The van der Waals surface area contributed by atoms with Gasteiger partial charge in [0, 0.05) is 0 Å². The van der Waals surface area contributed by atoms with Gasteiger partial charge in [-0.05, 0) is 103 Å². The SMILES string of the molecule is O=S(=O)([O-])c1ccc(-c2ccc(C=Cc3ccccc3)c(C=Cc3ccccc3)c2)cc1.O=S(=O)([O-])c1ccc(-c2ccc(C=Cc3ccccc3)c(C=Cc3ccccc3)c2)cc1.[Na+].[Na+]. The second kappa shape index (κ2) is 24.9. The van der Waals surface area contributed by atoms with Gasteiger partial charge in [-0.1, -0.05) is 218 Å². The summed E-state index contributed by atoms with van der Waals surface area (Å²) in [6.45, 7) is 0. The van der Waals surface area contributed by atoms with Crippen LogP contribution < -0.4 is 59.1 Å². The Kier molecular flexibility index (Phi) is 19.4. The zero-order valence-electron chi connectivity index (χ0n) is 36.5. The summed E-state index contributed by atoms with van der Waals surface area (Å²) in [6, 6.07) is 64.5. The normalized spacial score (nSPS) is 11.5. The van der Waals surface area contributed by atoms with Crippen molar-refractivity contribution >= 4 is 68.8 Å². The zero-order valence-corrected chi connectivity index (χ0v) is 42.1. The zero-order chi connectivity index (χ0) is 44.8. The van der Waals surface area contributed by atoms with E-state index in [1.165, 1.54) is 24.3 Å². The molecule has 10 heteroatoms. The molecule has 0 heterocycles. The molecule has 0 radical (unpaired) electrons. The number of hydrogen-bond acceptors (Lipinski definition) is 6. The van der Waals surface area contributed by atoms with Crippen molar-refractivity contribution < 1.29 is 85.1 Å². The number of rotatable bonds is 12. The molecule has 0 spiro atoms. The molecule has 0 aliphatic carbocycles. The molecule has 0 saturated heterocycles. The topological polar surface area (TPSA) is 114 Å². The van der Waals surface area contributed by atoms with Crippen LogP contribution in [0, 0.1) is 0 Å². The van der Waals surface area contributed by atoms with E-state index < -0.39 is 20.2 Å². The second-order valence-electron chi connectivity index (χ2n) is 14.6. The average Bonchev–Trinajstić information content (AvgIpc) is 3.32. The first kappa shape index (κ1) is 51.5. The molecular weight excluding hydrogens is 879 g/mol. The predicted molar refractivity (Wildman–Crippen MR) is 261 cm³/mol. The maximum absolute atomic E-state index is 11.2. The molecule has 0 saturated carbocycles. The molecule has 0 amide bonds. The molecule has 0 fully saturated rings. The Morgan fingerprint density at radius 3 is 0.773 bits per heavy atom. The number of hydrogen-bond donors (Lipinski definition) is 0. The molecule has 8 aromatic carbocycles. The summed E-state index contributed by atoms with van der Waals surface area (Å²) in [4.78, 5) is -0.458. The molecule has 6 nitrogen and oxygen atoms in total. The Labute approximate surface area is 432 Å². The van der Waals surface area contributed by atoms with Gasteiger partial charge in [0.25, 0.3) is 0 Å². The molecule has 8 rings (SSSR count). The third-order valence-corrected chi connectivity index (χ3v) is 11.8. The maximum Gasteiger partial charge on any atom is 1.00 e. The van der Waals surface area contributed by atoms with Gasteiger partial charge in [0.2, 0.25) is 0 Å². The Hall–Kier alpha value is -5.46. The van der Waals surface area contributed by atoms with Crippen LogP contribution in [0.5, 0.6) is 0 Å². The fraction of sp³-hybridized carbons (Fsp3) is 0. The van der Waals surface area contributed by atoms with E-state index in [1.54, 1.807) is 24.3 Å². The molecule has 0 aromatic heterocycles. The monoisotopic (exact) mass is 920 g/mol. The smallest absolute Gasteiger partial charge is 0.744 e. The molecule has 0 N–H and O–H groups in total. The van der Waals surface area contributed by atoms with E-state index in [4.69, 9.17) is 0 Å². The summed E-state index contributed by atoms with van der Waals surface area (Å²) in [5.74, 6) is 0. The van der Waals surface area contributed by atoms with Crippen molar-refractivity contribution in [2.75, 3.05) is 0 Å². The van der Waals surface area contributed by atoms with Crippen molar-refractivity contribution in [3.05, 3.63) is 251 Å². The van der Waals surface area contributed by atoms with Gasteiger partial charge in [0.05, 0.1) is 9.79 Å². The van der Waals surface area contributed by atoms with E-state index in [1.807, 2.05) is 121 Å². The summed E-state index contributed by atoms with van der Waals surface area (Å²) in [6.07, 6.45) is 16.6. The molecule has 0 aliphatic heterocycles. The second-order valence-corrected chi connectivity index (χ2v) is 17.4. The summed E-state index contributed by atoms with van der Waals surface area (Å²) in [7, 11) is -8.92. The van der Waals surface area contributed by atoms with Gasteiger partial charge in [-0.15, -0.1) is 0 Å². The first-order valence-corrected chi connectivity index (χ1v) is 23.1. The Bertz CT molecular complexity index is 2940. The van der Waals surface area contributed by atoms with Crippen LogP contribution in [0.2, 0.25) is 0 Å². The molecule has 0 atom stereocenters. The Balaban J connectivity index is 0.000000240. The van der Waals surface area contributed by atoms with Crippen LogP contribution in [0.15, 0.2) is 216 Å². The van der Waals surface area contributed by atoms with Crippen LogP contribution in [0.4, 0.5) is 0 Å². The summed E-state index contributed by atoms with van der Waals surface area (Å²) < 4.78 is 67.3. The van der Waals surface area contributed by atoms with Crippen LogP contribution in [0.25, 0.3) is 70.9 Å². The van der Waals surface area contributed by atoms with Gasteiger partial charge in [-0.25, -0.2) is 16.8 Å². The number of benzene rings is 8. The third-order valence-electron chi connectivity index (χ3n) is 10.1. The van der Waals surface area contributed by atoms with Gasteiger partial charge >= 0.3 is 59.1 Å². The van der Waals surface area contributed by atoms with Crippen LogP contribution in [-0.4, -0.2) is 25.9 Å². The van der Waals surface area contributed by atoms with Crippen molar-refractivity contribution in [3.63, 3.8) is 0 Å². The van der Waals surface area contributed by atoms with E-state index >= 15 is 0 Å². The van der Waals surface area contributed by atoms with Crippen molar-refractivity contribution in [2.24, 2.45) is 0 Å². The summed E-state index contributed by atoms with van der Waals surface area (Å²) in [5.41, 5.74) is 12.1. The quantitative estimate of drug-likeness (QED) is 0.0728. The Morgan fingerprint density at radius 2 is 0.515 bits per heavy atom. The molecule has 8 aromatic rings. The summed E-state index contributed by atoms with van der Waals surface area (Å²) in [5, 5.41) is 0. The third kappa shape index (κ3) is 15.3. The van der Waals surface area contributed by atoms with Crippen molar-refractivity contribution in [1.82, 2.24) is 0 Å². The Morgan fingerprint density at radius 1 is 0.273 bits per heavy atom. The molecule has 0 unspecified atom stereocenters. The van der Waals surface area contributed by atoms with Gasteiger partial charge in [0.1, 0.15) is 20.2 Å². The molecule has 66 heavy (non-hydrogen) atoms. The van der Waals surface area contributed by atoms with Gasteiger partial charge in [0.15, 0.2) is 0 Å². The minimum absolute atomic E-state index is 0. The molecule has 316 valence electrons. The van der Waals surface area contributed by atoms with Crippen LogP contribution in [0.3, 0.4) is 0 Å². The molecule has 0 bridgehead atoms. The average molecular weight is 921 g/mol. The summed E-state index contributed by atoms with van der Waals surface area (Å²) >= 11 is 0. The fourth-order valence-electron chi connectivity index (χ4n) is 6.73. The predicted octanol–water partition coefficient (Wildman–Crippen LogP) is 7.21. The van der Waals surface area contributed by atoms with Crippen molar-refractivity contribution in [2.45, 2.75) is 9.79 Å². The van der Waals surface area contributed by atoms with E-state index in [0.717, 1.165) is 66.8 Å². The van der Waals surface area contributed by atoms with Gasteiger partial charge in [-0.2, -0.15) is 0 Å². The minimum atomic E-state index is -4.46. The molecule has 0 aliphatic rings. The van der Waals surface area contributed by atoms with Crippen LogP contribution >= 0.6 is 0 Å². The van der Waals surface area contributed by atoms with Crippen molar-refractivity contribution in [1.29, 1.82) is 0 Å². The van der Waals surface area contributed by atoms with Gasteiger partial charge < -0.3 is 9.11 Å². The first-order valence-electron chi connectivity index (χ1n) is 20.3. The van der Waals surface area contributed by atoms with E-state index in [-0.39, 0.29) is 68.9 Å². The molecular formula is C56H42Na2O6S2. The maximum atomic E-state index is 11.2. The van der Waals surface area contributed by atoms with E-state index in [0.29, 0.717) is 0 Å². The standard InChI is InChI=1S/2C28H22O3S.2Na/c2*29-32(30,31)28-19-17-25(18-20-28)27-16-15-24(13-11-22-7-3-1-4-8-22)26(21-27)14-12-23-9-5-2-6-10-23;;/h2*1-21H,(H,29,30,31);;/q;;2*+1/p-2. The van der Waals surface area contributed by atoms with Gasteiger partial charge in [-0.3, -0.25) is 0 Å². The van der Waals surface area contributed by atoms with E-state index in [9.17, 15) is 25.9 Å².